The number of nitrogens with zero attached hydrogens (tertiary/aromatic N) is 3. The van der Waals surface area contributed by atoms with Gasteiger partial charge in [-0.1, -0.05) is 6.07 Å². The van der Waals surface area contributed by atoms with Crippen molar-refractivity contribution in [2.75, 3.05) is 38.1 Å². The zero-order valence-corrected chi connectivity index (χ0v) is 19.0. The third-order valence-electron chi connectivity index (χ3n) is 6.90. The highest BCUT2D eigenvalue weighted by Gasteiger charge is 2.41. The maximum atomic E-state index is 12.9. The molecule has 9 heteroatoms. The van der Waals surface area contributed by atoms with E-state index < -0.39 is 0 Å². The van der Waals surface area contributed by atoms with Crippen LogP contribution in [0.2, 0.25) is 0 Å². The molecule has 1 aromatic heterocycles. The summed E-state index contributed by atoms with van der Waals surface area (Å²) in [6.07, 6.45) is 0.570. The fourth-order valence-electron chi connectivity index (χ4n) is 5.07. The third kappa shape index (κ3) is 4.09. The van der Waals surface area contributed by atoms with Gasteiger partial charge >= 0.3 is 0 Å². The third-order valence-corrected chi connectivity index (χ3v) is 6.90. The van der Waals surface area contributed by atoms with Gasteiger partial charge in [0.05, 0.1) is 5.39 Å². The van der Waals surface area contributed by atoms with E-state index >= 15 is 0 Å². The van der Waals surface area contributed by atoms with Crippen molar-refractivity contribution in [1.82, 2.24) is 20.2 Å². The Morgan fingerprint density at radius 1 is 1.09 bits per heavy atom. The molecule has 2 aliphatic rings. The van der Waals surface area contributed by atoms with E-state index in [0.717, 1.165) is 31.9 Å². The molecule has 0 spiro atoms. The second kappa shape index (κ2) is 8.81. The summed E-state index contributed by atoms with van der Waals surface area (Å²) in [6.45, 7) is 3.21. The molecule has 2 fully saturated rings. The van der Waals surface area contributed by atoms with Gasteiger partial charge in [-0.05, 0) is 36.4 Å². The minimum absolute atomic E-state index is 0.0450. The van der Waals surface area contributed by atoms with Crippen molar-refractivity contribution in [2.24, 2.45) is 11.8 Å². The van der Waals surface area contributed by atoms with E-state index in [0.29, 0.717) is 35.0 Å². The van der Waals surface area contributed by atoms with Gasteiger partial charge in [0.15, 0.2) is 0 Å². The van der Waals surface area contributed by atoms with Crippen molar-refractivity contribution >= 4 is 28.4 Å². The van der Waals surface area contributed by atoms with Gasteiger partial charge in [0.1, 0.15) is 17.1 Å². The standard InChI is InChI=1S/C25H27N5O4/c1-26-24(33)15-5-7-18(8-6-15)29-11-16-13-30(14-17(16)12-29)22(32)10-9-21-27-23-19(25(34)28-21)3-2-4-20(23)31/h2-8,16-17,31H,9-14H2,1H3,(H,26,33)(H,27,28,34)/t16-,17+. The van der Waals surface area contributed by atoms with Crippen LogP contribution in [0.5, 0.6) is 5.75 Å². The van der Waals surface area contributed by atoms with Crippen LogP contribution in [-0.2, 0) is 11.2 Å². The molecule has 2 saturated heterocycles. The van der Waals surface area contributed by atoms with Gasteiger partial charge in [-0.15, -0.1) is 0 Å². The lowest BCUT2D eigenvalue weighted by Gasteiger charge is -2.23. The molecule has 2 amide bonds. The number of rotatable bonds is 5. The Hall–Kier alpha value is -3.88. The Morgan fingerprint density at radius 2 is 1.79 bits per heavy atom. The molecule has 5 rings (SSSR count). The highest BCUT2D eigenvalue weighted by Crippen LogP contribution is 2.34. The minimum atomic E-state index is -0.317. The number of hydrogen-bond acceptors (Lipinski definition) is 6. The van der Waals surface area contributed by atoms with Crippen LogP contribution in [0.3, 0.4) is 0 Å². The molecular weight excluding hydrogens is 434 g/mol. The minimum Gasteiger partial charge on any atom is -0.506 e. The average Bonchev–Trinajstić information content (AvgIpc) is 3.43. The van der Waals surface area contributed by atoms with E-state index in [4.69, 9.17) is 0 Å². The van der Waals surface area contributed by atoms with Crippen LogP contribution in [0.15, 0.2) is 47.3 Å². The monoisotopic (exact) mass is 461 g/mol. The summed E-state index contributed by atoms with van der Waals surface area (Å²) in [4.78, 5) is 48.2. The molecule has 34 heavy (non-hydrogen) atoms. The molecule has 0 unspecified atom stereocenters. The number of hydrogen-bond donors (Lipinski definition) is 3. The predicted molar refractivity (Wildman–Crippen MR) is 128 cm³/mol. The van der Waals surface area contributed by atoms with Crippen molar-refractivity contribution < 1.29 is 14.7 Å². The summed E-state index contributed by atoms with van der Waals surface area (Å²) < 4.78 is 0. The number of H-pyrrole nitrogens is 1. The molecule has 9 nitrogen and oxygen atoms in total. The van der Waals surface area contributed by atoms with Gasteiger partial charge in [-0.3, -0.25) is 14.4 Å². The smallest absolute Gasteiger partial charge is 0.258 e. The van der Waals surface area contributed by atoms with Crippen LogP contribution in [-0.4, -0.2) is 65.0 Å². The second-order valence-corrected chi connectivity index (χ2v) is 9.04. The number of fused-ring (bicyclic) bond motifs is 2. The van der Waals surface area contributed by atoms with Crippen molar-refractivity contribution in [1.29, 1.82) is 0 Å². The predicted octanol–water partition coefficient (Wildman–Crippen LogP) is 1.52. The van der Waals surface area contributed by atoms with Gasteiger partial charge in [-0.25, -0.2) is 4.98 Å². The molecular formula is C25H27N5O4. The van der Waals surface area contributed by atoms with E-state index in [9.17, 15) is 19.5 Å². The molecule has 3 heterocycles. The first kappa shape index (κ1) is 21.9. The Kier molecular flexibility index (Phi) is 5.69. The van der Waals surface area contributed by atoms with E-state index in [-0.39, 0.29) is 35.1 Å². The number of anilines is 1. The van der Waals surface area contributed by atoms with Crippen LogP contribution < -0.4 is 15.8 Å². The van der Waals surface area contributed by atoms with Crippen LogP contribution in [0.4, 0.5) is 5.69 Å². The van der Waals surface area contributed by atoms with Crippen LogP contribution >= 0.6 is 0 Å². The lowest BCUT2D eigenvalue weighted by atomic mass is 10.0. The van der Waals surface area contributed by atoms with Crippen LogP contribution in [0.25, 0.3) is 10.9 Å². The fraction of sp³-hybridized carbons (Fsp3) is 0.360. The largest absolute Gasteiger partial charge is 0.506 e. The number of aromatic hydroxyl groups is 1. The van der Waals surface area contributed by atoms with Crippen molar-refractivity contribution in [2.45, 2.75) is 12.8 Å². The average molecular weight is 462 g/mol. The number of phenols is 1. The quantitative estimate of drug-likeness (QED) is 0.530. The molecule has 0 aliphatic carbocycles. The van der Waals surface area contributed by atoms with E-state index in [1.165, 1.54) is 6.07 Å². The van der Waals surface area contributed by atoms with Gasteiger partial charge in [0, 0.05) is 69.2 Å². The highest BCUT2D eigenvalue weighted by molar-refractivity contribution is 5.94. The number of likely N-dealkylation sites (tertiary alicyclic amines) is 1. The molecule has 176 valence electrons. The normalized spacial score (nSPS) is 19.4. The Balaban J connectivity index is 1.17. The Labute approximate surface area is 196 Å². The zero-order valence-electron chi connectivity index (χ0n) is 19.0. The Bertz CT molecular complexity index is 1290. The van der Waals surface area contributed by atoms with Gasteiger partial charge in [0.25, 0.3) is 11.5 Å². The van der Waals surface area contributed by atoms with E-state index in [2.05, 4.69) is 20.2 Å². The summed E-state index contributed by atoms with van der Waals surface area (Å²) in [5.74, 6) is 1.14. The number of aromatic amines is 1. The summed E-state index contributed by atoms with van der Waals surface area (Å²) in [5, 5.41) is 13.0. The fourth-order valence-corrected chi connectivity index (χ4v) is 5.07. The van der Waals surface area contributed by atoms with E-state index in [1.54, 1.807) is 19.2 Å². The molecule has 0 radical (unpaired) electrons. The Morgan fingerprint density at radius 3 is 2.47 bits per heavy atom. The van der Waals surface area contributed by atoms with E-state index in [1.807, 2.05) is 29.2 Å². The number of aryl methyl sites for hydroxylation is 1. The highest BCUT2D eigenvalue weighted by atomic mass is 16.3. The number of amides is 2. The number of carbonyl (C=O) groups is 2. The van der Waals surface area contributed by atoms with Crippen molar-refractivity contribution in [3.8, 4) is 5.75 Å². The number of nitrogens with one attached hydrogen (secondary N) is 2. The first-order chi connectivity index (χ1) is 16.4. The number of aromatic nitrogens is 2. The van der Waals surface area contributed by atoms with Crippen LogP contribution in [0.1, 0.15) is 22.6 Å². The summed E-state index contributed by atoms with van der Waals surface area (Å²) in [7, 11) is 1.62. The SMILES string of the molecule is CNC(=O)c1ccc(N2C[C@H]3CN(C(=O)CCc4nc5c(O)cccc5c(=O)[nH]4)C[C@H]3C2)cc1. The molecule has 2 atom stereocenters. The first-order valence-corrected chi connectivity index (χ1v) is 11.5. The zero-order chi connectivity index (χ0) is 23.8. The van der Waals surface area contributed by atoms with Gasteiger partial charge in [0.2, 0.25) is 5.91 Å². The molecule has 3 N–H and O–H groups in total. The second-order valence-electron chi connectivity index (χ2n) is 9.04. The van der Waals surface area contributed by atoms with Crippen LogP contribution in [0, 0.1) is 11.8 Å². The summed E-state index contributed by atoms with van der Waals surface area (Å²) >= 11 is 0. The summed E-state index contributed by atoms with van der Waals surface area (Å²) in [5.41, 5.74) is 1.67. The maximum Gasteiger partial charge on any atom is 0.258 e. The van der Waals surface area contributed by atoms with Gasteiger partial charge in [-0.2, -0.15) is 0 Å². The molecule has 2 aromatic carbocycles. The van der Waals surface area contributed by atoms with Crippen molar-refractivity contribution in [3.63, 3.8) is 0 Å². The topological polar surface area (TPSA) is 119 Å². The van der Waals surface area contributed by atoms with Crippen molar-refractivity contribution in [3.05, 3.63) is 64.2 Å². The lowest BCUT2D eigenvalue weighted by Crippen LogP contribution is -2.33. The molecule has 2 aliphatic heterocycles. The molecule has 3 aromatic rings. The number of carbonyl (C=O) groups excluding carboxylic acids is 2. The maximum absolute atomic E-state index is 12.9. The molecule has 0 saturated carbocycles. The molecule has 0 bridgehead atoms. The summed E-state index contributed by atoms with van der Waals surface area (Å²) in [6, 6.07) is 12.3. The number of benzene rings is 2. The number of para-hydroxylation sites is 1. The lowest BCUT2D eigenvalue weighted by molar-refractivity contribution is -0.130. The number of phenolic OH excluding ortho intramolecular Hbond substituents is 1. The first-order valence-electron chi connectivity index (χ1n) is 11.5. The van der Waals surface area contributed by atoms with Gasteiger partial charge < -0.3 is 25.2 Å².